The van der Waals surface area contributed by atoms with Gasteiger partial charge in [-0.15, -0.1) is 0 Å². The van der Waals surface area contributed by atoms with Crippen molar-refractivity contribution in [3.05, 3.63) is 83.8 Å². The number of fused-ring (bicyclic) bond motifs is 1. The van der Waals surface area contributed by atoms with Crippen molar-refractivity contribution in [2.45, 2.75) is 10.1 Å². The molecule has 0 saturated heterocycles. The summed E-state index contributed by atoms with van der Waals surface area (Å²) in [5.74, 6) is 1.19. The fourth-order valence-corrected chi connectivity index (χ4v) is 3.85. The van der Waals surface area contributed by atoms with Crippen molar-refractivity contribution in [3.63, 3.8) is 0 Å². The number of aromatic nitrogens is 3. The van der Waals surface area contributed by atoms with E-state index in [-0.39, 0.29) is 22.6 Å². The number of aryl methyl sites for hydroxylation is 1. The molecule has 2 atom stereocenters. The van der Waals surface area contributed by atoms with Crippen LogP contribution in [0.2, 0.25) is 0 Å². The molecule has 0 bridgehead atoms. The quantitative estimate of drug-likeness (QED) is 0.174. The Morgan fingerprint density at radius 1 is 1.12 bits per heavy atom. The van der Waals surface area contributed by atoms with Crippen LogP contribution in [0.25, 0.3) is 10.8 Å². The molecule has 4 aromatic rings. The number of hydrogen-bond acceptors (Lipinski definition) is 6. The van der Waals surface area contributed by atoms with Crippen LogP contribution < -0.4 is 15.4 Å². The average molecular weight is 557 g/mol. The molecular weight excluding hydrogens is 533 g/mol. The minimum absolute atomic E-state index is 0.0101. The number of nitrogens with one attached hydrogen (secondary N) is 2. The number of nitrogens with zero attached hydrogens (tertiary/aromatic N) is 3. The van der Waals surface area contributed by atoms with E-state index in [0.29, 0.717) is 11.4 Å². The molecule has 0 spiro atoms. The fraction of sp³-hybridized carbons (Fsp3) is 0.208. The second-order valence-corrected chi connectivity index (χ2v) is 9.06. The molecule has 2 aromatic heterocycles. The van der Waals surface area contributed by atoms with Crippen LogP contribution >= 0.6 is 22.6 Å². The lowest BCUT2D eigenvalue weighted by molar-refractivity contribution is 0.0943. The van der Waals surface area contributed by atoms with Gasteiger partial charge in [-0.2, -0.15) is 5.10 Å². The number of ether oxygens (including phenoxy) is 1. The van der Waals surface area contributed by atoms with Crippen molar-refractivity contribution in [1.29, 1.82) is 0 Å². The van der Waals surface area contributed by atoms with Gasteiger partial charge in [0.15, 0.2) is 0 Å². The number of carbonyl (C=O) groups is 1. The number of carbonyl (C=O) groups excluding carboxylic acids is 1. The maximum atomic E-state index is 13.3. The molecule has 2 aromatic carbocycles. The summed E-state index contributed by atoms with van der Waals surface area (Å²) in [5.41, 5.74) is 2.34. The third kappa shape index (κ3) is 5.42. The summed E-state index contributed by atoms with van der Waals surface area (Å²) in [7, 11) is 3.46. The number of aliphatic hydroxyl groups is 1. The SMILES string of the molecule is COc1ccc([C@H](NC(=O)c2ccc3cnc(N[C@@H](I)CO)cc3c2)c2cnn(C)c2)cc1. The number of hydrogen-bond donors (Lipinski definition) is 3. The molecular formula is C24H24IN5O3. The van der Waals surface area contributed by atoms with Crippen molar-refractivity contribution < 1.29 is 14.6 Å². The van der Waals surface area contributed by atoms with Crippen molar-refractivity contribution in [2.75, 3.05) is 19.0 Å². The lowest BCUT2D eigenvalue weighted by Crippen LogP contribution is -2.29. The molecule has 0 aliphatic rings. The van der Waals surface area contributed by atoms with Gasteiger partial charge >= 0.3 is 0 Å². The number of amides is 1. The highest BCUT2D eigenvalue weighted by molar-refractivity contribution is 14.1. The van der Waals surface area contributed by atoms with Crippen LogP contribution in [0.3, 0.4) is 0 Å². The predicted molar refractivity (Wildman–Crippen MR) is 136 cm³/mol. The molecule has 33 heavy (non-hydrogen) atoms. The van der Waals surface area contributed by atoms with Gasteiger partial charge < -0.3 is 20.5 Å². The number of rotatable bonds is 8. The topological polar surface area (TPSA) is 101 Å². The maximum Gasteiger partial charge on any atom is 0.252 e. The molecule has 0 fully saturated rings. The average Bonchev–Trinajstić information content (AvgIpc) is 3.27. The Morgan fingerprint density at radius 3 is 2.58 bits per heavy atom. The van der Waals surface area contributed by atoms with Crippen LogP contribution in [0, 0.1) is 0 Å². The van der Waals surface area contributed by atoms with Gasteiger partial charge in [0, 0.05) is 36.0 Å². The van der Waals surface area contributed by atoms with E-state index in [0.717, 1.165) is 27.6 Å². The first-order chi connectivity index (χ1) is 16.0. The summed E-state index contributed by atoms with van der Waals surface area (Å²) in [6.07, 6.45) is 5.39. The van der Waals surface area contributed by atoms with E-state index in [1.165, 1.54) is 0 Å². The van der Waals surface area contributed by atoms with Gasteiger partial charge in [-0.1, -0.05) is 40.8 Å². The van der Waals surface area contributed by atoms with E-state index in [4.69, 9.17) is 4.74 Å². The first kappa shape index (κ1) is 23.0. The summed E-state index contributed by atoms with van der Waals surface area (Å²) in [6.45, 7) is -0.0101. The van der Waals surface area contributed by atoms with Crippen LogP contribution in [0.1, 0.15) is 27.5 Å². The van der Waals surface area contributed by atoms with E-state index in [1.807, 2.05) is 55.7 Å². The van der Waals surface area contributed by atoms with Gasteiger partial charge in [-0.05, 0) is 41.3 Å². The number of methoxy groups -OCH3 is 1. The molecule has 0 aliphatic heterocycles. The second-order valence-electron chi connectivity index (χ2n) is 7.55. The maximum absolute atomic E-state index is 13.3. The Kier molecular flexibility index (Phi) is 7.09. The summed E-state index contributed by atoms with van der Waals surface area (Å²) in [5, 5.41) is 21.6. The van der Waals surface area contributed by atoms with Gasteiger partial charge in [0.2, 0.25) is 0 Å². The highest BCUT2D eigenvalue weighted by Gasteiger charge is 2.20. The Balaban J connectivity index is 1.62. The van der Waals surface area contributed by atoms with Gasteiger partial charge in [-0.3, -0.25) is 9.48 Å². The van der Waals surface area contributed by atoms with E-state index < -0.39 is 0 Å². The molecule has 9 heteroatoms. The van der Waals surface area contributed by atoms with E-state index in [1.54, 1.807) is 30.3 Å². The number of alkyl halides is 1. The number of benzene rings is 2. The number of pyridine rings is 1. The van der Waals surface area contributed by atoms with Crippen LogP contribution in [-0.4, -0.2) is 43.5 Å². The number of aliphatic hydroxyl groups excluding tert-OH is 1. The Morgan fingerprint density at radius 2 is 1.91 bits per heavy atom. The largest absolute Gasteiger partial charge is 0.497 e. The normalized spacial score (nSPS) is 12.8. The highest BCUT2D eigenvalue weighted by Crippen LogP contribution is 2.25. The van der Waals surface area contributed by atoms with Crippen molar-refractivity contribution >= 4 is 45.1 Å². The lowest BCUT2D eigenvalue weighted by Gasteiger charge is -2.19. The highest BCUT2D eigenvalue weighted by atomic mass is 127. The van der Waals surface area contributed by atoms with Crippen molar-refractivity contribution in [2.24, 2.45) is 7.05 Å². The minimum atomic E-state index is -0.369. The molecule has 8 nitrogen and oxygen atoms in total. The summed E-state index contributed by atoms with van der Waals surface area (Å²) >= 11 is 2.10. The van der Waals surface area contributed by atoms with Crippen molar-refractivity contribution in [1.82, 2.24) is 20.1 Å². The van der Waals surface area contributed by atoms with E-state index in [2.05, 4.69) is 43.3 Å². The van der Waals surface area contributed by atoms with Crippen LogP contribution in [-0.2, 0) is 7.05 Å². The van der Waals surface area contributed by atoms with Gasteiger partial charge in [-0.25, -0.2) is 4.98 Å². The summed E-state index contributed by atoms with van der Waals surface area (Å²) in [4.78, 5) is 17.6. The predicted octanol–water partition coefficient (Wildman–Crippen LogP) is 3.66. The third-order valence-corrected chi connectivity index (χ3v) is 5.94. The smallest absolute Gasteiger partial charge is 0.252 e. The number of halogens is 1. The monoisotopic (exact) mass is 557 g/mol. The van der Waals surface area contributed by atoms with Crippen LogP contribution in [0.5, 0.6) is 5.75 Å². The van der Waals surface area contributed by atoms with Crippen LogP contribution in [0.4, 0.5) is 5.82 Å². The summed E-state index contributed by atoms with van der Waals surface area (Å²) in [6, 6.07) is 14.6. The van der Waals surface area contributed by atoms with Crippen molar-refractivity contribution in [3.8, 4) is 5.75 Å². The Hall–Kier alpha value is -3.18. The third-order valence-electron chi connectivity index (χ3n) is 5.23. The van der Waals surface area contributed by atoms with Gasteiger partial charge in [0.05, 0.1) is 26.0 Å². The Bertz CT molecular complexity index is 1260. The second kappa shape index (κ2) is 10.2. The fourth-order valence-electron chi connectivity index (χ4n) is 3.53. The number of anilines is 1. The van der Waals surface area contributed by atoms with E-state index in [9.17, 15) is 9.90 Å². The molecule has 0 unspecified atom stereocenters. The van der Waals surface area contributed by atoms with Crippen LogP contribution in [0.15, 0.2) is 67.1 Å². The molecule has 0 radical (unpaired) electrons. The standard InChI is InChI=1S/C24H24IN5O3/c1-30-13-19(12-27-30)23(15-5-7-20(33-2)8-6-15)29-24(32)16-3-4-17-11-26-22(10-18(17)9-16)28-21(25)14-31/h3-13,21,23,31H,14H2,1-2H3,(H,26,28)(H,29,32)/t21-,23+/m1/s1. The van der Waals surface area contributed by atoms with Gasteiger partial charge in [0.1, 0.15) is 15.6 Å². The molecule has 3 N–H and O–H groups in total. The first-order valence-electron chi connectivity index (χ1n) is 10.3. The minimum Gasteiger partial charge on any atom is -0.497 e. The molecule has 170 valence electrons. The Labute approximate surface area is 205 Å². The summed E-state index contributed by atoms with van der Waals surface area (Å²) < 4.78 is 6.82. The lowest BCUT2D eigenvalue weighted by atomic mass is 10.0. The zero-order valence-corrected chi connectivity index (χ0v) is 20.4. The molecule has 4 rings (SSSR count). The molecule has 2 heterocycles. The zero-order chi connectivity index (χ0) is 23.4. The molecule has 0 saturated carbocycles. The zero-order valence-electron chi connectivity index (χ0n) is 18.2. The molecule has 1 amide bonds. The van der Waals surface area contributed by atoms with Gasteiger partial charge in [0.25, 0.3) is 5.91 Å². The molecule has 0 aliphatic carbocycles. The van der Waals surface area contributed by atoms with E-state index >= 15 is 0 Å². The first-order valence-corrected chi connectivity index (χ1v) is 11.6.